The highest BCUT2D eigenvalue weighted by molar-refractivity contribution is 7.99. The number of rotatable bonds is 7. The van der Waals surface area contributed by atoms with Gasteiger partial charge in [-0.25, -0.2) is 4.98 Å². The van der Waals surface area contributed by atoms with E-state index in [1.165, 1.54) is 11.8 Å². The van der Waals surface area contributed by atoms with E-state index in [0.717, 1.165) is 0 Å². The van der Waals surface area contributed by atoms with Crippen molar-refractivity contribution in [2.45, 2.75) is 25.5 Å². The molecule has 0 saturated heterocycles. The Morgan fingerprint density at radius 1 is 1.50 bits per heavy atom. The van der Waals surface area contributed by atoms with E-state index >= 15 is 0 Å². The lowest BCUT2D eigenvalue weighted by Gasteiger charge is -2.15. The number of thioether (sulfide) groups is 1. The minimum atomic E-state index is -0.128. The van der Waals surface area contributed by atoms with E-state index in [1.807, 2.05) is 13.8 Å². The molecule has 0 unspecified atom stereocenters. The summed E-state index contributed by atoms with van der Waals surface area (Å²) in [5.41, 5.74) is 0.431. The summed E-state index contributed by atoms with van der Waals surface area (Å²) in [6, 6.07) is 5.04. The van der Waals surface area contributed by atoms with E-state index in [4.69, 9.17) is 11.6 Å². The van der Waals surface area contributed by atoms with Crippen LogP contribution in [-0.4, -0.2) is 27.8 Å². The number of carbonyl (C=O) groups excluding carboxylic acids is 1. The summed E-state index contributed by atoms with van der Waals surface area (Å²) >= 11 is 7.25. The fourth-order valence-electron chi connectivity index (χ4n) is 2.18. The van der Waals surface area contributed by atoms with Gasteiger partial charge >= 0.3 is 0 Å². The molecule has 1 N–H and O–H groups in total. The molecular weight excluding hydrogens is 346 g/mol. The number of nitrogens with one attached hydrogen (secondary N) is 1. The fraction of sp³-hybridized carbons (Fsp3) is 0.353. The van der Waals surface area contributed by atoms with Crippen LogP contribution in [0.15, 0.2) is 40.8 Å². The predicted octanol–water partition coefficient (Wildman–Crippen LogP) is 3.10. The van der Waals surface area contributed by atoms with E-state index in [1.54, 1.807) is 28.8 Å². The van der Waals surface area contributed by atoms with Crippen molar-refractivity contribution < 1.29 is 4.79 Å². The number of amides is 1. The van der Waals surface area contributed by atoms with Gasteiger partial charge in [0.1, 0.15) is 0 Å². The maximum atomic E-state index is 12.8. The molecule has 1 heterocycles. The Kier molecular flexibility index (Phi) is 6.45. The molecule has 0 atom stereocenters. The summed E-state index contributed by atoms with van der Waals surface area (Å²) in [7, 11) is 0. The molecule has 24 heavy (non-hydrogen) atoms. The highest BCUT2D eigenvalue weighted by Crippen LogP contribution is 2.21. The fourth-order valence-corrected chi connectivity index (χ4v) is 3.18. The molecule has 0 radical (unpaired) electrons. The molecule has 128 valence electrons. The number of hydrogen-bond donors (Lipinski definition) is 1. The molecule has 0 spiro atoms. The molecule has 7 heteroatoms. The first-order valence-electron chi connectivity index (χ1n) is 7.63. The van der Waals surface area contributed by atoms with Gasteiger partial charge in [0.15, 0.2) is 5.16 Å². The van der Waals surface area contributed by atoms with Crippen molar-refractivity contribution in [3.05, 3.63) is 46.2 Å². The summed E-state index contributed by atoms with van der Waals surface area (Å²) in [6.07, 6.45) is 1.62. The number of fused-ring (bicyclic) bond motifs is 1. The molecule has 0 fully saturated rings. The van der Waals surface area contributed by atoms with Crippen molar-refractivity contribution in [3.63, 3.8) is 0 Å². The van der Waals surface area contributed by atoms with Gasteiger partial charge in [0, 0.05) is 18.1 Å². The van der Waals surface area contributed by atoms with Gasteiger partial charge in [-0.1, -0.05) is 43.3 Å². The van der Waals surface area contributed by atoms with Crippen molar-refractivity contribution in [2.75, 3.05) is 12.3 Å². The SMILES string of the molecule is C=CCNC(=O)CSc1nc2cc(Cl)ccc2c(=O)n1CC(C)C. The van der Waals surface area contributed by atoms with Gasteiger partial charge in [-0.3, -0.25) is 14.2 Å². The topological polar surface area (TPSA) is 64.0 Å². The first kappa shape index (κ1) is 18.5. The van der Waals surface area contributed by atoms with Crippen LogP contribution in [0.25, 0.3) is 10.9 Å². The van der Waals surface area contributed by atoms with Crippen molar-refractivity contribution in [2.24, 2.45) is 5.92 Å². The number of carbonyl (C=O) groups is 1. The number of aromatic nitrogens is 2. The molecule has 0 aliphatic heterocycles. The van der Waals surface area contributed by atoms with Crippen LogP contribution in [-0.2, 0) is 11.3 Å². The molecule has 1 aromatic carbocycles. The molecule has 5 nitrogen and oxygen atoms in total. The Morgan fingerprint density at radius 2 is 2.25 bits per heavy atom. The zero-order valence-electron chi connectivity index (χ0n) is 13.7. The minimum Gasteiger partial charge on any atom is -0.352 e. The van der Waals surface area contributed by atoms with Crippen molar-refractivity contribution in [1.82, 2.24) is 14.9 Å². The third-order valence-corrected chi connectivity index (χ3v) is 4.42. The largest absolute Gasteiger partial charge is 0.352 e. The molecule has 0 aliphatic rings. The Balaban J connectivity index is 2.39. The zero-order valence-corrected chi connectivity index (χ0v) is 15.3. The van der Waals surface area contributed by atoms with Gasteiger partial charge in [0.25, 0.3) is 5.56 Å². The number of benzene rings is 1. The first-order chi connectivity index (χ1) is 11.4. The average Bonchev–Trinajstić information content (AvgIpc) is 2.53. The van der Waals surface area contributed by atoms with Crippen LogP contribution in [0, 0.1) is 5.92 Å². The third kappa shape index (κ3) is 4.61. The molecule has 0 saturated carbocycles. The van der Waals surface area contributed by atoms with Gasteiger partial charge in [0.2, 0.25) is 5.91 Å². The van der Waals surface area contributed by atoms with Gasteiger partial charge < -0.3 is 5.32 Å². The molecule has 1 amide bonds. The predicted molar refractivity (Wildman–Crippen MR) is 99.8 cm³/mol. The number of halogens is 1. The Morgan fingerprint density at radius 3 is 2.92 bits per heavy atom. The van der Waals surface area contributed by atoms with E-state index in [2.05, 4.69) is 16.9 Å². The van der Waals surface area contributed by atoms with Gasteiger partial charge in [-0.15, -0.1) is 6.58 Å². The molecule has 2 rings (SSSR count). The highest BCUT2D eigenvalue weighted by Gasteiger charge is 2.14. The lowest BCUT2D eigenvalue weighted by atomic mass is 10.2. The van der Waals surface area contributed by atoms with E-state index < -0.39 is 0 Å². The second-order valence-corrected chi connectivity index (χ2v) is 7.13. The Labute approximate surface area is 150 Å². The summed E-state index contributed by atoms with van der Waals surface area (Å²) in [4.78, 5) is 29.1. The summed E-state index contributed by atoms with van der Waals surface area (Å²) < 4.78 is 1.63. The Hall–Kier alpha value is -1.79. The van der Waals surface area contributed by atoms with Crippen LogP contribution in [0.1, 0.15) is 13.8 Å². The second-order valence-electron chi connectivity index (χ2n) is 5.75. The number of hydrogen-bond acceptors (Lipinski definition) is 4. The van der Waals surface area contributed by atoms with Gasteiger partial charge in [0.05, 0.1) is 16.7 Å². The Bertz CT molecular complexity index is 817. The monoisotopic (exact) mass is 365 g/mol. The van der Waals surface area contributed by atoms with Crippen LogP contribution >= 0.6 is 23.4 Å². The zero-order chi connectivity index (χ0) is 17.7. The van der Waals surface area contributed by atoms with E-state index in [-0.39, 0.29) is 23.1 Å². The molecule has 1 aromatic heterocycles. The smallest absolute Gasteiger partial charge is 0.262 e. The van der Waals surface area contributed by atoms with Crippen molar-refractivity contribution in [1.29, 1.82) is 0 Å². The standard InChI is InChI=1S/C17H20ClN3O2S/c1-4-7-19-15(22)10-24-17-20-14-8-12(18)5-6-13(14)16(23)21(17)9-11(2)3/h4-6,8,11H,1,7,9-10H2,2-3H3,(H,19,22). The molecule has 0 aliphatic carbocycles. The van der Waals surface area contributed by atoms with E-state index in [9.17, 15) is 9.59 Å². The van der Waals surface area contributed by atoms with Gasteiger partial charge in [-0.05, 0) is 24.1 Å². The first-order valence-corrected chi connectivity index (χ1v) is 8.99. The second kappa shape index (κ2) is 8.35. The lowest BCUT2D eigenvalue weighted by Crippen LogP contribution is -2.28. The summed E-state index contributed by atoms with van der Waals surface area (Å²) in [5, 5.41) is 4.29. The highest BCUT2D eigenvalue weighted by atomic mass is 35.5. The number of nitrogens with zero attached hydrogens (tertiary/aromatic N) is 2. The third-order valence-electron chi connectivity index (χ3n) is 3.21. The van der Waals surface area contributed by atoms with Crippen LogP contribution in [0.4, 0.5) is 0 Å². The van der Waals surface area contributed by atoms with Crippen molar-refractivity contribution >= 4 is 40.2 Å². The van der Waals surface area contributed by atoms with Crippen molar-refractivity contribution in [3.8, 4) is 0 Å². The summed E-state index contributed by atoms with van der Waals surface area (Å²) in [5.74, 6) is 0.337. The average molecular weight is 366 g/mol. The molecular formula is C17H20ClN3O2S. The van der Waals surface area contributed by atoms with Crippen LogP contribution < -0.4 is 10.9 Å². The van der Waals surface area contributed by atoms with Gasteiger partial charge in [-0.2, -0.15) is 0 Å². The molecule has 0 bridgehead atoms. The van der Waals surface area contributed by atoms with Crippen LogP contribution in [0.3, 0.4) is 0 Å². The molecule has 2 aromatic rings. The maximum Gasteiger partial charge on any atom is 0.262 e. The maximum absolute atomic E-state index is 12.8. The lowest BCUT2D eigenvalue weighted by molar-refractivity contribution is -0.118. The normalized spacial score (nSPS) is 11.0. The van der Waals surface area contributed by atoms with Crippen LogP contribution in [0.2, 0.25) is 5.02 Å². The quantitative estimate of drug-likeness (QED) is 0.465. The minimum absolute atomic E-state index is 0.112. The van der Waals surface area contributed by atoms with Crippen LogP contribution in [0.5, 0.6) is 0 Å². The summed E-state index contributed by atoms with van der Waals surface area (Å²) in [6.45, 7) is 8.58. The van der Waals surface area contributed by atoms with E-state index in [0.29, 0.717) is 34.2 Å².